The van der Waals surface area contributed by atoms with Gasteiger partial charge in [0.15, 0.2) is 23.3 Å². The summed E-state index contributed by atoms with van der Waals surface area (Å²) in [6.45, 7) is 1.86. The third-order valence-corrected chi connectivity index (χ3v) is 2.25. The van der Waals surface area contributed by atoms with Gasteiger partial charge in [-0.1, -0.05) is 0 Å². The summed E-state index contributed by atoms with van der Waals surface area (Å²) in [7, 11) is 0. The van der Waals surface area contributed by atoms with Crippen LogP contribution >= 0.6 is 0 Å². The van der Waals surface area contributed by atoms with Crippen LogP contribution in [0.25, 0.3) is 0 Å². The van der Waals surface area contributed by atoms with Crippen molar-refractivity contribution in [2.24, 2.45) is 0 Å². The first-order valence-electron chi connectivity index (χ1n) is 5.66. The van der Waals surface area contributed by atoms with Crippen molar-refractivity contribution in [3.8, 4) is 6.01 Å². The maximum Gasteiger partial charge on any atom is 0.323 e. The second kappa shape index (κ2) is 5.77. The number of nitrogens with one attached hydrogen (secondary N) is 1. The van der Waals surface area contributed by atoms with E-state index in [4.69, 9.17) is 10.5 Å². The highest BCUT2D eigenvalue weighted by Crippen LogP contribution is 2.26. The summed E-state index contributed by atoms with van der Waals surface area (Å²) < 4.78 is 58.1. The Morgan fingerprint density at radius 3 is 2.29 bits per heavy atom. The first-order chi connectivity index (χ1) is 9.92. The summed E-state index contributed by atoms with van der Waals surface area (Å²) in [4.78, 5) is 10.8. The van der Waals surface area contributed by atoms with Gasteiger partial charge in [0.25, 0.3) is 0 Å². The Balaban J connectivity index is 2.43. The zero-order valence-electron chi connectivity index (χ0n) is 10.6. The van der Waals surface area contributed by atoms with E-state index in [9.17, 15) is 17.6 Å². The number of halogens is 4. The number of aromatic nitrogens is 3. The molecule has 3 N–H and O–H groups in total. The lowest BCUT2D eigenvalue weighted by molar-refractivity contribution is 0.312. The minimum Gasteiger partial charge on any atom is -0.464 e. The lowest BCUT2D eigenvalue weighted by Crippen LogP contribution is -2.09. The highest BCUT2D eigenvalue weighted by atomic mass is 19.2. The molecule has 0 aliphatic carbocycles. The van der Waals surface area contributed by atoms with E-state index in [1.807, 2.05) is 5.32 Å². The number of hydrogen-bond acceptors (Lipinski definition) is 6. The molecule has 0 saturated carbocycles. The molecule has 0 aliphatic heterocycles. The number of rotatable bonds is 4. The average Bonchev–Trinajstić information content (AvgIpc) is 2.41. The fourth-order valence-corrected chi connectivity index (χ4v) is 1.42. The largest absolute Gasteiger partial charge is 0.464 e. The highest BCUT2D eigenvalue weighted by Gasteiger charge is 2.20. The van der Waals surface area contributed by atoms with Gasteiger partial charge >= 0.3 is 6.01 Å². The van der Waals surface area contributed by atoms with Crippen LogP contribution in [0, 0.1) is 23.3 Å². The van der Waals surface area contributed by atoms with Crippen LogP contribution in [0.1, 0.15) is 6.92 Å². The van der Waals surface area contributed by atoms with Gasteiger partial charge in [0.2, 0.25) is 11.9 Å². The Morgan fingerprint density at radius 1 is 1.10 bits per heavy atom. The fourth-order valence-electron chi connectivity index (χ4n) is 1.42. The summed E-state index contributed by atoms with van der Waals surface area (Å²) in [6.07, 6.45) is 0. The van der Waals surface area contributed by atoms with Gasteiger partial charge in [0.1, 0.15) is 5.69 Å². The molecule has 10 heteroatoms. The van der Waals surface area contributed by atoms with Crippen molar-refractivity contribution in [1.29, 1.82) is 0 Å². The maximum absolute atomic E-state index is 13.5. The Kier molecular flexibility index (Phi) is 4.05. The SMILES string of the molecule is CCOc1nc(N)nc(Nc2c(F)c(F)cc(F)c2F)n1. The summed E-state index contributed by atoms with van der Waals surface area (Å²) in [5, 5.41) is 2.01. The van der Waals surface area contributed by atoms with Crippen LogP contribution in [-0.2, 0) is 0 Å². The van der Waals surface area contributed by atoms with Crippen molar-refractivity contribution in [2.75, 3.05) is 17.7 Å². The van der Waals surface area contributed by atoms with Gasteiger partial charge in [-0.05, 0) is 6.92 Å². The van der Waals surface area contributed by atoms with Gasteiger partial charge in [-0.25, -0.2) is 17.6 Å². The molecule has 2 rings (SSSR count). The number of hydrogen-bond donors (Lipinski definition) is 2. The third-order valence-electron chi connectivity index (χ3n) is 2.25. The standard InChI is InChI=1S/C11H9F4N5O/c1-2-21-11-19-9(16)18-10(20-11)17-8-6(14)4(12)3-5(13)7(8)15/h3H,2H2,1H3,(H3,16,17,18,19,20). The van der Waals surface area contributed by atoms with Crippen molar-refractivity contribution in [2.45, 2.75) is 6.92 Å². The van der Waals surface area contributed by atoms with Gasteiger partial charge in [-0.2, -0.15) is 15.0 Å². The molecule has 0 fully saturated rings. The number of ether oxygens (including phenoxy) is 1. The maximum atomic E-state index is 13.5. The molecule has 0 bridgehead atoms. The molecule has 21 heavy (non-hydrogen) atoms. The quantitative estimate of drug-likeness (QED) is 0.665. The van der Waals surface area contributed by atoms with E-state index < -0.39 is 34.9 Å². The first-order valence-corrected chi connectivity index (χ1v) is 5.66. The predicted octanol–water partition coefficient (Wildman–Crippen LogP) is 2.15. The molecule has 112 valence electrons. The molecule has 0 saturated heterocycles. The number of nitrogens with zero attached hydrogens (tertiary/aromatic N) is 3. The molecule has 0 atom stereocenters. The van der Waals surface area contributed by atoms with Crippen LogP contribution in [0.5, 0.6) is 6.01 Å². The molecular weight excluding hydrogens is 294 g/mol. The Bertz CT molecular complexity index is 656. The second-order valence-electron chi connectivity index (χ2n) is 3.70. The fraction of sp³-hybridized carbons (Fsp3) is 0.182. The number of anilines is 3. The van der Waals surface area contributed by atoms with E-state index in [-0.39, 0.29) is 24.6 Å². The van der Waals surface area contributed by atoms with Crippen LogP contribution in [0.4, 0.5) is 35.1 Å². The van der Waals surface area contributed by atoms with E-state index in [0.29, 0.717) is 0 Å². The predicted molar refractivity (Wildman–Crippen MR) is 65.0 cm³/mol. The molecule has 6 nitrogen and oxygen atoms in total. The van der Waals surface area contributed by atoms with Gasteiger partial charge in [-0.15, -0.1) is 0 Å². The van der Waals surface area contributed by atoms with Gasteiger partial charge in [-0.3, -0.25) is 0 Å². The highest BCUT2D eigenvalue weighted by molar-refractivity contribution is 5.56. The van der Waals surface area contributed by atoms with Crippen LogP contribution in [0.2, 0.25) is 0 Å². The minimum absolute atomic E-state index is 0.0865. The summed E-state index contributed by atoms with van der Waals surface area (Å²) in [5.74, 6) is -7.09. The Hall–Kier alpha value is -2.65. The van der Waals surface area contributed by atoms with Crippen molar-refractivity contribution >= 4 is 17.6 Å². The second-order valence-corrected chi connectivity index (χ2v) is 3.70. The van der Waals surface area contributed by atoms with E-state index in [1.54, 1.807) is 6.92 Å². The van der Waals surface area contributed by atoms with Crippen molar-refractivity contribution < 1.29 is 22.3 Å². The molecule has 0 aliphatic rings. The summed E-state index contributed by atoms with van der Waals surface area (Å²) >= 11 is 0. The molecule has 1 heterocycles. The van der Waals surface area contributed by atoms with Crippen molar-refractivity contribution in [1.82, 2.24) is 15.0 Å². The number of nitrogen functional groups attached to an aromatic ring is 1. The van der Waals surface area contributed by atoms with E-state index >= 15 is 0 Å². The van der Waals surface area contributed by atoms with E-state index in [1.165, 1.54) is 0 Å². The molecule has 0 spiro atoms. The zero-order valence-corrected chi connectivity index (χ0v) is 10.6. The minimum atomic E-state index is -1.62. The average molecular weight is 303 g/mol. The molecule has 0 amide bonds. The van der Waals surface area contributed by atoms with Gasteiger partial charge in [0.05, 0.1) is 6.61 Å². The van der Waals surface area contributed by atoms with E-state index in [2.05, 4.69) is 15.0 Å². The molecule has 2 aromatic rings. The Labute approximate surface area is 116 Å². The lowest BCUT2D eigenvalue weighted by Gasteiger charge is -2.09. The summed E-state index contributed by atoms with van der Waals surface area (Å²) in [6, 6.07) is -0.117. The van der Waals surface area contributed by atoms with Crippen molar-refractivity contribution in [3.63, 3.8) is 0 Å². The van der Waals surface area contributed by atoms with Crippen LogP contribution < -0.4 is 15.8 Å². The smallest absolute Gasteiger partial charge is 0.323 e. The van der Waals surface area contributed by atoms with Gasteiger partial charge in [0, 0.05) is 6.07 Å². The lowest BCUT2D eigenvalue weighted by atomic mass is 10.2. The van der Waals surface area contributed by atoms with Crippen molar-refractivity contribution in [3.05, 3.63) is 29.3 Å². The normalized spacial score (nSPS) is 10.5. The number of nitrogens with two attached hydrogens (primary N) is 1. The Morgan fingerprint density at radius 2 is 1.71 bits per heavy atom. The van der Waals surface area contributed by atoms with Crippen LogP contribution in [-0.4, -0.2) is 21.6 Å². The molecule has 0 unspecified atom stereocenters. The van der Waals surface area contributed by atoms with Crippen LogP contribution in [0.15, 0.2) is 6.07 Å². The van der Waals surface area contributed by atoms with Crippen LogP contribution in [0.3, 0.4) is 0 Å². The monoisotopic (exact) mass is 303 g/mol. The molecule has 1 aromatic carbocycles. The molecule has 0 radical (unpaired) electrons. The summed E-state index contributed by atoms with van der Waals surface area (Å²) in [5.41, 5.74) is 4.28. The first kappa shape index (κ1) is 14.8. The molecular formula is C11H9F4N5O. The third kappa shape index (κ3) is 3.09. The topological polar surface area (TPSA) is 86.0 Å². The molecule has 1 aromatic heterocycles. The number of benzene rings is 1. The zero-order chi connectivity index (χ0) is 15.6. The van der Waals surface area contributed by atoms with Gasteiger partial charge < -0.3 is 15.8 Å². The van der Waals surface area contributed by atoms with E-state index in [0.717, 1.165) is 0 Å².